The third kappa shape index (κ3) is 4.97. The lowest BCUT2D eigenvalue weighted by Crippen LogP contribution is -2.50. The van der Waals surface area contributed by atoms with E-state index in [9.17, 15) is 5.11 Å². The Labute approximate surface area is 126 Å². The van der Waals surface area contributed by atoms with Crippen LogP contribution in [0, 0.1) is 0 Å². The van der Waals surface area contributed by atoms with E-state index in [2.05, 4.69) is 18.7 Å². The summed E-state index contributed by atoms with van der Waals surface area (Å²) < 4.78 is 11.2. The van der Waals surface area contributed by atoms with Gasteiger partial charge in [0.25, 0.3) is 0 Å². The number of rotatable bonds is 6. The van der Waals surface area contributed by atoms with Crippen molar-refractivity contribution in [1.29, 1.82) is 0 Å². The van der Waals surface area contributed by atoms with E-state index >= 15 is 0 Å². The van der Waals surface area contributed by atoms with E-state index in [-0.39, 0.29) is 12.7 Å². The first-order valence-corrected chi connectivity index (χ1v) is 7.54. The zero-order valence-corrected chi connectivity index (χ0v) is 12.9. The van der Waals surface area contributed by atoms with E-state index < -0.39 is 6.10 Å². The first-order valence-electron chi connectivity index (χ1n) is 7.54. The fourth-order valence-electron chi connectivity index (χ4n) is 2.50. The van der Waals surface area contributed by atoms with Crippen molar-refractivity contribution in [2.24, 2.45) is 5.73 Å². The van der Waals surface area contributed by atoms with E-state index in [1.165, 1.54) is 0 Å². The Balaban J connectivity index is 1.79. The first kappa shape index (κ1) is 16.2. The van der Waals surface area contributed by atoms with E-state index in [0.29, 0.717) is 25.7 Å². The Morgan fingerprint density at radius 1 is 1.48 bits per heavy atom. The van der Waals surface area contributed by atoms with Crippen LogP contribution >= 0.6 is 0 Å². The molecule has 3 N–H and O–H groups in total. The topological polar surface area (TPSA) is 68.0 Å². The summed E-state index contributed by atoms with van der Waals surface area (Å²) in [5.41, 5.74) is 6.63. The molecule has 0 amide bonds. The van der Waals surface area contributed by atoms with Crippen LogP contribution in [0.1, 0.15) is 19.4 Å². The Kier molecular flexibility index (Phi) is 5.99. The Bertz CT molecular complexity index is 441. The van der Waals surface area contributed by atoms with Crippen LogP contribution < -0.4 is 10.5 Å². The smallest absolute Gasteiger partial charge is 0.119 e. The maximum absolute atomic E-state index is 10.2. The highest BCUT2D eigenvalue weighted by molar-refractivity contribution is 5.28. The second-order valence-electron chi connectivity index (χ2n) is 5.76. The molecule has 3 atom stereocenters. The standard InChI is InChI=1S/C16H26N2O3/c1-12-10-20-13(2)8-18(12)9-15(19)11-21-16-5-3-4-14(6-16)7-17/h3-6,12-13,15,19H,7-11,17H2,1-2H3. The van der Waals surface area contributed by atoms with Crippen LogP contribution in [0.15, 0.2) is 24.3 Å². The van der Waals surface area contributed by atoms with Crippen LogP contribution in [0.25, 0.3) is 0 Å². The van der Waals surface area contributed by atoms with Crippen molar-refractivity contribution < 1.29 is 14.6 Å². The summed E-state index contributed by atoms with van der Waals surface area (Å²) in [7, 11) is 0. The zero-order valence-electron chi connectivity index (χ0n) is 12.9. The summed E-state index contributed by atoms with van der Waals surface area (Å²) in [6.45, 7) is 7.11. The minimum absolute atomic E-state index is 0.218. The number of nitrogens with zero attached hydrogens (tertiary/aromatic N) is 1. The van der Waals surface area contributed by atoms with E-state index in [1.807, 2.05) is 24.3 Å². The molecule has 1 fully saturated rings. The quantitative estimate of drug-likeness (QED) is 0.819. The maximum Gasteiger partial charge on any atom is 0.119 e. The summed E-state index contributed by atoms with van der Waals surface area (Å²) in [5, 5.41) is 10.2. The molecule has 118 valence electrons. The highest BCUT2D eigenvalue weighted by atomic mass is 16.5. The minimum atomic E-state index is -0.515. The van der Waals surface area contributed by atoms with Gasteiger partial charge in [-0.3, -0.25) is 4.90 Å². The van der Waals surface area contributed by atoms with Gasteiger partial charge < -0.3 is 20.3 Å². The predicted molar refractivity (Wildman–Crippen MR) is 82.3 cm³/mol. The number of morpholine rings is 1. The number of benzene rings is 1. The molecule has 1 aromatic carbocycles. The highest BCUT2D eigenvalue weighted by Crippen LogP contribution is 2.15. The van der Waals surface area contributed by atoms with Gasteiger partial charge in [0.15, 0.2) is 0 Å². The molecule has 0 radical (unpaired) electrons. The normalized spacial score (nSPS) is 24.8. The average Bonchev–Trinajstić information content (AvgIpc) is 2.49. The third-order valence-corrected chi connectivity index (χ3v) is 3.76. The molecule has 0 saturated carbocycles. The number of β-amino-alcohol motifs (C(OH)–C–C–N with tert-alkyl or cyclic N) is 1. The van der Waals surface area contributed by atoms with Gasteiger partial charge in [0.1, 0.15) is 18.5 Å². The van der Waals surface area contributed by atoms with Crippen LogP contribution in [0.3, 0.4) is 0 Å². The number of nitrogens with two attached hydrogens (primary N) is 1. The van der Waals surface area contributed by atoms with Gasteiger partial charge in [0.2, 0.25) is 0 Å². The Morgan fingerprint density at radius 2 is 2.29 bits per heavy atom. The van der Waals surface area contributed by atoms with Crippen LogP contribution in [-0.2, 0) is 11.3 Å². The van der Waals surface area contributed by atoms with E-state index in [4.69, 9.17) is 15.2 Å². The average molecular weight is 294 g/mol. The molecule has 0 aromatic heterocycles. The van der Waals surface area contributed by atoms with Crippen molar-refractivity contribution in [2.45, 2.75) is 38.6 Å². The summed E-state index contributed by atoms with van der Waals surface area (Å²) in [4.78, 5) is 2.25. The fourth-order valence-corrected chi connectivity index (χ4v) is 2.50. The van der Waals surface area contributed by atoms with Crippen LogP contribution in [0.2, 0.25) is 0 Å². The van der Waals surface area contributed by atoms with Gasteiger partial charge >= 0.3 is 0 Å². The summed E-state index contributed by atoms with van der Waals surface area (Å²) in [6.07, 6.45) is -0.296. The van der Waals surface area contributed by atoms with Crippen molar-refractivity contribution in [3.05, 3.63) is 29.8 Å². The lowest BCUT2D eigenvalue weighted by molar-refractivity contribution is -0.0650. The molecule has 1 heterocycles. The van der Waals surface area contributed by atoms with Crippen molar-refractivity contribution in [2.75, 3.05) is 26.3 Å². The largest absolute Gasteiger partial charge is 0.491 e. The summed E-state index contributed by atoms with van der Waals surface area (Å²) >= 11 is 0. The molecule has 1 aliphatic heterocycles. The molecule has 3 unspecified atom stereocenters. The number of ether oxygens (including phenoxy) is 2. The van der Waals surface area contributed by atoms with Gasteiger partial charge in [-0.1, -0.05) is 12.1 Å². The number of hydrogen-bond donors (Lipinski definition) is 2. The molecule has 0 aliphatic carbocycles. The molecule has 21 heavy (non-hydrogen) atoms. The second kappa shape index (κ2) is 7.75. The molecule has 1 aliphatic rings. The van der Waals surface area contributed by atoms with Gasteiger partial charge in [0, 0.05) is 25.7 Å². The molecular weight excluding hydrogens is 268 g/mol. The zero-order chi connectivity index (χ0) is 15.2. The van der Waals surface area contributed by atoms with Crippen molar-refractivity contribution in [3.8, 4) is 5.75 Å². The predicted octanol–water partition coefficient (Wildman–Crippen LogP) is 0.994. The van der Waals surface area contributed by atoms with Gasteiger partial charge in [-0.15, -0.1) is 0 Å². The summed E-state index contributed by atoms with van der Waals surface area (Å²) in [5.74, 6) is 0.750. The molecule has 1 aromatic rings. The van der Waals surface area contributed by atoms with Gasteiger partial charge in [-0.05, 0) is 31.5 Å². The first-order chi connectivity index (χ1) is 10.1. The van der Waals surface area contributed by atoms with Crippen molar-refractivity contribution in [3.63, 3.8) is 0 Å². The van der Waals surface area contributed by atoms with Gasteiger partial charge in [-0.2, -0.15) is 0 Å². The lowest BCUT2D eigenvalue weighted by atomic mass is 10.2. The minimum Gasteiger partial charge on any atom is -0.491 e. The SMILES string of the molecule is CC1CN(CC(O)COc2cccc(CN)c2)C(C)CO1. The molecule has 1 saturated heterocycles. The van der Waals surface area contributed by atoms with Crippen LogP contribution in [0.5, 0.6) is 5.75 Å². The van der Waals surface area contributed by atoms with Crippen LogP contribution in [0.4, 0.5) is 0 Å². The molecule has 5 nitrogen and oxygen atoms in total. The van der Waals surface area contributed by atoms with Gasteiger partial charge in [-0.25, -0.2) is 0 Å². The van der Waals surface area contributed by atoms with Crippen molar-refractivity contribution in [1.82, 2.24) is 4.90 Å². The number of aliphatic hydroxyl groups excluding tert-OH is 1. The Morgan fingerprint density at radius 3 is 3.05 bits per heavy atom. The lowest BCUT2D eigenvalue weighted by Gasteiger charge is -2.37. The molecule has 0 bridgehead atoms. The van der Waals surface area contributed by atoms with E-state index in [0.717, 1.165) is 17.9 Å². The molecule has 0 spiro atoms. The van der Waals surface area contributed by atoms with Crippen molar-refractivity contribution >= 4 is 0 Å². The maximum atomic E-state index is 10.2. The third-order valence-electron chi connectivity index (χ3n) is 3.76. The number of aliphatic hydroxyl groups is 1. The molecule has 2 rings (SSSR count). The Hall–Kier alpha value is -1.14. The summed E-state index contributed by atoms with van der Waals surface area (Å²) in [6, 6.07) is 7.99. The number of hydrogen-bond acceptors (Lipinski definition) is 5. The van der Waals surface area contributed by atoms with Gasteiger partial charge in [0.05, 0.1) is 12.7 Å². The second-order valence-corrected chi connectivity index (χ2v) is 5.76. The van der Waals surface area contributed by atoms with E-state index in [1.54, 1.807) is 0 Å². The fraction of sp³-hybridized carbons (Fsp3) is 0.625. The molecular formula is C16H26N2O3. The molecule has 5 heteroatoms. The monoisotopic (exact) mass is 294 g/mol. The van der Waals surface area contributed by atoms with Crippen LogP contribution in [-0.4, -0.2) is 54.6 Å². The highest BCUT2D eigenvalue weighted by Gasteiger charge is 2.25.